The molecular weight excluding hydrogens is 240 g/mol. The van der Waals surface area contributed by atoms with E-state index in [1.165, 1.54) is 25.7 Å². The van der Waals surface area contributed by atoms with Gasteiger partial charge in [0.05, 0.1) is 0 Å². The van der Waals surface area contributed by atoms with Gasteiger partial charge in [0.1, 0.15) is 5.60 Å². The minimum atomic E-state index is -0.392. The summed E-state index contributed by atoms with van der Waals surface area (Å²) in [6.07, 6.45) is 6.32. The van der Waals surface area contributed by atoms with Crippen LogP contribution in [0.25, 0.3) is 0 Å². The minimum Gasteiger partial charge on any atom is -0.444 e. The molecule has 4 heteroatoms. The van der Waals surface area contributed by atoms with Gasteiger partial charge < -0.3 is 15.0 Å². The summed E-state index contributed by atoms with van der Waals surface area (Å²) in [5.41, 5.74) is -0.392. The van der Waals surface area contributed by atoms with Crippen molar-refractivity contribution >= 4 is 6.09 Å². The quantitative estimate of drug-likeness (QED) is 0.855. The van der Waals surface area contributed by atoms with Crippen LogP contribution >= 0.6 is 0 Å². The van der Waals surface area contributed by atoms with Crippen molar-refractivity contribution in [1.29, 1.82) is 0 Å². The molecule has 2 rings (SSSR count). The van der Waals surface area contributed by atoms with Crippen LogP contribution in [0.1, 0.15) is 52.9 Å². The second kappa shape index (κ2) is 6.12. The SMILES string of the molecule is CC(C)(C)OC(=O)N1CCC(CNC2CCCC2)C1. The zero-order valence-corrected chi connectivity index (χ0v) is 12.6. The van der Waals surface area contributed by atoms with Crippen molar-refractivity contribution in [2.75, 3.05) is 19.6 Å². The van der Waals surface area contributed by atoms with Gasteiger partial charge >= 0.3 is 6.09 Å². The molecule has 1 amide bonds. The number of hydrogen-bond acceptors (Lipinski definition) is 3. The molecule has 1 aliphatic heterocycles. The van der Waals surface area contributed by atoms with Crippen molar-refractivity contribution in [2.45, 2.75) is 64.5 Å². The number of rotatable bonds is 3. The highest BCUT2D eigenvalue weighted by molar-refractivity contribution is 5.68. The zero-order valence-electron chi connectivity index (χ0n) is 12.6. The van der Waals surface area contributed by atoms with Crippen LogP contribution in [-0.4, -0.2) is 42.3 Å². The van der Waals surface area contributed by atoms with E-state index in [-0.39, 0.29) is 6.09 Å². The number of carbonyl (C=O) groups excluding carboxylic acids is 1. The molecule has 1 unspecified atom stereocenters. The van der Waals surface area contributed by atoms with Crippen molar-refractivity contribution in [3.8, 4) is 0 Å². The van der Waals surface area contributed by atoms with Crippen LogP contribution in [0.15, 0.2) is 0 Å². The fourth-order valence-electron chi connectivity index (χ4n) is 2.95. The highest BCUT2D eigenvalue weighted by Gasteiger charge is 2.30. The van der Waals surface area contributed by atoms with Crippen LogP contribution in [0.5, 0.6) is 0 Å². The Labute approximate surface area is 116 Å². The molecule has 1 aliphatic carbocycles. The van der Waals surface area contributed by atoms with E-state index >= 15 is 0 Å². The Hall–Kier alpha value is -0.770. The number of carbonyl (C=O) groups is 1. The number of ether oxygens (including phenoxy) is 1. The zero-order chi connectivity index (χ0) is 13.9. The molecule has 1 N–H and O–H groups in total. The summed E-state index contributed by atoms with van der Waals surface area (Å²) in [7, 11) is 0. The van der Waals surface area contributed by atoms with Crippen LogP contribution in [0.4, 0.5) is 4.79 Å². The lowest BCUT2D eigenvalue weighted by molar-refractivity contribution is 0.0288. The topological polar surface area (TPSA) is 41.6 Å². The second-order valence-electron chi connectivity index (χ2n) is 6.97. The van der Waals surface area contributed by atoms with Crippen LogP contribution in [0.3, 0.4) is 0 Å². The number of amides is 1. The minimum absolute atomic E-state index is 0.157. The number of nitrogens with one attached hydrogen (secondary N) is 1. The summed E-state index contributed by atoms with van der Waals surface area (Å²) in [6.45, 7) is 8.48. The van der Waals surface area contributed by atoms with E-state index in [0.29, 0.717) is 5.92 Å². The molecule has 2 aliphatic rings. The molecular formula is C15H28N2O2. The molecule has 110 valence electrons. The monoisotopic (exact) mass is 268 g/mol. The van der Waals surface area contributed by atoms with Gasteiger partial charge in [-0.15, -0.1) is 0 Å². The smallest absolute Gasteiger partial charge is 0.410 e. The van der Waals surface area contributed by atoms with Gasteiger partial charge in [-0.3, -0.25) is 0 Å². The number of likely N-dealkylation sites (tertiary alicyclic amines) is 1. The maximum atomic E-state index is 12.0. The predicted molar refractivity (Wildman–Crippen MR) is 76.2 cm³/mol. The summed E-state index contributed by atoms with van der Waals surface area (Å²) in [5, 5.41) is 3.65. The highest BCUT2D eigenvalue weighted by atomic mass is 16.6. The van der Waals surface area contributed by atoms with Gasteiger partial charge in [-0.05, 0) is 52.5 Å². The molecule has 2 fully saturated rings. The lowest BCUT2D eigenvalue weighted by Crippen LogP contribution is -2.37. The first-order valence-electron chi connectivity index (χ1n) is 7.65. The van der Waals surface area contributed by atoms with Gasteiger partial charge in [-0.25, -0.2) is 4.79 Å². The lowest BCUT2D eigenvalue weighted by Gasteiger charge is -2.24. The fraction of sp³-hybridized carbons (Fsp3) is 0.933. The van der Waals surface area contributed by atoms with Gasteiger partial charge in [0, 0.05) is 19.1 Å². The van der Waals surface area contributed by atoms with Crippen LogP contribution in [0.2, 0.25) is 0 Å². The van der Waals surface area contributed by atoms with Crippen molar-refractivity contribution in [3.05, 3.63) is 0 Å². The largest absolute Gasteiger partial charge is 0.444 e. The summed E-state index contributed by atoms with van der Waals surface area (Å²) < 4.78 is 5.41. The number of hydrogen-bond donors (Lipinski definition) is 1. The Morgan fingerprint density at radius 1 is 1.26 bits per heavy atom. The Kier molecular flexibility index (Phi) is 4.71. The second-order valence-corrected chi connectivity index (χ2v) is 6.97. The molecule has 1 heterocycles. The van der Waals surface area contributed by atoms with Gasteiger partial charge in [0.2, 0.25) is 0 Å². The third-order valence-electron chi connectivity index (χ3n) is 3.99. The first-order chi connectivity index (χ1) is 8.94. The summed E-state index contributed by atoms with van der Waals surface area (Å²) in [4.78, 5) is 13.8. The Morgan fingerprint density at radius 2 is 1.95 bits per heavy atom. The lowest BCUT2D eigenvalue weighted by atomic mass is 10.1. The molecule has 0 radical (unpaired) electrons. The average Bonchev–Trinajstić information content (AvgIpc) is 2.96. The maximum Gasteiger partial charge on any atom is 0.410 e. The summed E-state index contributed by atoms with van der Waals surface area (Å²) >= 11 is 0. The van der Waals surface area contributed by atoms with Crippen molar-refractivity contribution in [2.24, 2.45) is 5.92 Å². The van der Waals surface area contributed by atoms with Crippen LogP contribution in [-0.2, 0) is 4.74 Å². The molecule has 1 saturated heterocycles. The molecule has 19 heavy (non-hydrogen) atoms. The van der Waals surface area contributed by atoms with E-state index in [9.17, 15) is 4.79 Å². The van der Waals surface area contributed by atoms with Crippen molar-refractivity contribution in [3.63, 3.8) is 0 Å². The highest BCUT2D eigenvalue weighted by Crippen LogP contribution is 2.21. The van der Waals surface area contributed by atoms with E-state index < -0.39 is 5.60 Å². The molecule has 0 aromatic carbocycles. The number of nitrogens with zero attached hydrogens (tertiary/aromatic N) is 1. The molecule has 4 nitrogen and oxygen atoms in total. The third kappa shape index (κ3) is 4.68. The van der Waals surface area contributed by atoms with Crippen LogP contribution in [0, 0.1) is 5.92 Å². The Bertz CT molecular complexity index is 306. The maximum absolute atomic E-state index is 12.0. The fourth-order valence-corrected chi connectivity index (χ4v) is 2.95. The Balaban J connectivity index is 1.68. The molecule has 1 saturated carbocycles. The Morgan fingerprint density at radius 3 is 2.58 bits per heavy atom. The van der Waals surface area contributed by atoms with E-state index in [1.807, 2.05) is 25.7 Å². The molecule has 0 aromatic rings. The molecule has 0 spiro atoms. The van der Waals surface area contributed by atoms with E-state index in [0.717, 1.165) is 32.1 Å². The van der Waals surface area contributed by atoms with E-state index in [1.54, 1.807) is 0 Å². The van der Waals surface area contributed by atoms with E-state index in [2.05, 4.69) is 5.32 Å². The van der Waals surface area contributed by atoms with Gasteiger partial charge in [0.15, 0.2) is 0 Å². The summed E-state index contributed by atoms with van der Waals surface area (Å²) in [6, 6.07) is 0.718. The normalized spacial score (nSPS) is 25.0. The summed E-state index contributed by atoms with van der Waals surface area (Å²) in [5.74, 6) is 0.591. The standard InChI is InChI=1S/C15H28N2O2/c1-15(2,3)19-14(18)17-9-8-12(11-17)10-16-13-6-4-5-7-13/h12-13,16H,4-11H2,1-3H3. The first kappa shape index (κ1) is 14.6. The van der Waals surface area contributed by atoms with Gasteiger partial charge in [0.25, 0.3) is 0 Å². The van der Waals surface area contributed by atoms with Crippen LogP contribution < -0.4 is 5.32 Å². The van der Waals surface area contributed by atoms with Crippen molar-refractivity contribution in [1.82, 2.24) is 10.2 Å². The van der Waals surface area contributed by atoms with Gasteiger partial charge in [-0.2, -0.15) is 0 Å². The van der Waals surface area contributed by atoms with Crippen molar-refractivity contribution < 1.29 is 9.53 Å². The molecule has 0 aromatic heterocycles. The first-order valence-corrected chi connectivity index (χ1v) is 7.65. The predicted octanol–water partition coefficient (Wildman–Crippen LogP) is 2.78. The van der Waals surface area contributed by atoms with Gasteiger partial charge in [-0.1, -0.05) is 12.8 Å². The van der Waals surface area contributed by atoms with E-state index in [4.69, 9.17) is 4.74 Å². The third-order valence-corrected chi connectivity index (χ3v) is 3.99. The average molecular weight is 268 g/mol. The molecule has 0 bridgehead atoms. The molecule has 1 atom stereocenters.